The summed E-state index contributed by atoms with van der Waals surface area (Å²) in [6, 6.07) is 16.6. The molecule has 0 aromatic heterocycles. The van der Waals surface area contributed by atoms with Gasteiger partial charge in [0.1, 0.15) is 6.54 Å². The van der Waals surface area contributed by atoms with Gasteiger partial charge in [-0.05, 0) is 17.7 Å². The second-order valence-electron chi connectivity index (χ2n) is 4.82. The van der Waals surface area contributed by atoms with Crippen LogP contribution in [0.25, 0.3) is 0 Å². The van der Waals surface area contributed by atoms with E-state index in [1.54, 1.807) is 24.3 Å². The first-order valence-corrected chi connectivity index (χ1v) is 7.29. The van der Waals surface area contributed by atoms with Crippen molar-refractivity contribution >= 4 is 29.1 Å². The highest BCUT2D eigenvalue weighted by Gasteiger charge is 2.17. The van der Waals surface area contributed by atoms with E-state index in [-0.39, 0.29) is 18.4 Å². The van der Waals surface area contributed by atoms with E-state index >= 15 is 0 Å². The number of carbonyl (C=O) groups is 2. The van der Waals surface area contributed by atoms with E-state index in [0.717, 1.165) is 5.56 Å². The number of benzene rings is 2. The van der Waals surface area contributed by atoms with Crippen LogP contribution in [0.5, 0.6) is 0 Å². The smallest absolute Gasteiger partial charge is 0.240 e. The fourth-order valence-corrected chi connectivity index (χ4v) is 2.27. The van der Waals surface area contributed by atoms with Crippen LogP contribution < -0.4 is 10.2 Å². The molecule has 4 nitrogen and oxygen atoms in total. The molecule has 114 valence electrons. The first-order valence-electron chi connectivity index (χ1n) is 6.91. The average Bonchev–Trinajstić information content (AvgIpc) is 2.52. The molecule has 0 heterocycles. The largest absolute Gasteiger partial charge is 0.350 e. The molecule has 2 aromatic rings. The first kappa shape index (κ1) is 16.0. The molecule has 0 atom stereocenters. The third-order valence-electron chi connectivity index (χ3n) is 3.16. The summed E-state index contributed by atoms with van der Waals surface area (Å²) in [6.45, 7) is 1.77. The Morgan fingerprint density at radius 2 is 1.68 bits per heavy atom. The Morgan fingerprint density at radius 1 is 1.05 bits per heavy atom. The van der Waals surface area contributed by atoms with Gasteiger partial charge in [-0.3, -0.25) is 9.59 Å². The predicted octanol–water partition coefficient (Wildman–Crippen LogP) is 3.01. The SMILES string of the molecule is CC(=O)N(CC(=O)NCc1ccccc1)c1ccccc1Cl. The van der Waals surface area contributed by atoms with Crippen LogP contribution in [-0.4, -0.2) is 18.4 Å². The van der Waals surface area contributed by atoms with Crippen LogP contribution in [0, 0.1) is 0 Å². The van der Waals surface area contributed by atoms with Gasteiger partial charge in [0.15, 0.2) is 0 Å². The number of rotatable bonds is 5. The van der Waals surface area contributed by atoms with E-state index in [0.29, 0.717) is 17.3 Å². The minimum Gasteiger partial charge on any atom is -0.350 e. The van der Waals surface area contributed by atoms with Gasteiger partial charge in [0.25, 0.3) is 0 Å². The summed E-state index contributed by atoms with van der Waals surface area (Å²) in [5.41, 5.74) is 1.54. The zero-order valence-corrected chi connectivity index (χ0v) is 13.0. The van der Waals surface area contributed by atoms with Gasteiger partial charge in [0.2, 0.25) is 11.8 Å². The number of nitrogens with one attached hydrogen (secondary N) is 1. The van der Waals surface area contributed by atoms with Crippen LogP contribution in [0.15, 0.2) is 54.6 Å². The first-order chi connectivity index (χ1) is 10.6. The van der Waals surface area contributed by atoms with Crippen molar-refractivity contribution in [2.45, 2.75) is 13.5 Å². The number of anilines is 1. The van der Waals surface area contributed by atoms with Crippen molar-refractivity contribution < 1.29 is 9.59 Å². The highest BCUT2D eigenvalue weighted by atomic mass is 35.5. The average molecular weight is 317 g/mol. The van der Waals surface area contributed by atoms with Gasteiger partial charge in [-0.2, -0.15) is 0 Å². The molecule has 0 unspecified atom stereocenters. The number of halogens is 1. The van der Waals surface area contributed by atoms with Gasteiger partial charge in [0.05, 0.1) is 10.7 Å². The van der Waals surface area contributed by atoms with E-state index in [1.807, 2.05) is 30.3 Å². The van der Waals surface area contributed by atoms with Gasteiger partial charge in [-0.1, -0.05) is 54.1 Å². The highest BCUT2D eigenvalue weighted by molar-refractivity contribution is 6.33. The summed E-state index contributed by atoms with van der Waals surface area (Å²) < 4.78 is 0. The second kappa shape index (κ2) is 7.61. The quantitative estimate of drug-likeness (QED) is 0.922. The molecule has 0 saturated carbocycles. The molecule has 0 radical (unpaired) electrons. The lowest BCUT2D eigenvalue weighted by Crippen LogP contribution is -2.39. The van der Waals surface area contributed by atoms with Crippen LogP contribution in [-0.2, 0) is 16.1 Å². The molecule has 0 aliphatic heterocycles. The molecule has 0 aliphatic rings. The lowest BCUT2D eigenvalue weighted by atomic mass is 10.2. The normalized spacial score (nSPS) is 10.1. The zero-order chi connectivity index (χ0) is 15.9. The van der Waals surface area contributed by atoms with Crippen molar-refractivity contribution in [1.82, 2.24) is 5.32 Å². The third kappa shape index (κ3) is 4.33. The molecule has 22 heavy (non-hydrogen) atoms. The molecule has 0 aliphatic carbocycles. The molecule has 0 fully saturated rings. The summed E-state index contributed by atoms with van der Waals surface area (Å²) >= 11 is 6.09. The molecule has 0 saturated heterocycles. The van der Waals surface area contributed by atoms with Gasteiger partial charge in [-0.15, -0.1) is 0 Å². The Morgan fingerprint density at radius 3 is 2.32 bits per heavy atom. The maximum Gasteiger partial charge on any atom is 0.240 e. The fourth-order valence-electron chi connectivity index (χ4n) is 2.03. The van der Waals surface area contributed by atoms with E-state index in [1.165, 1.54) is 11.8 Å². The van der Waals surface area contributed by atoms with Gasteiger partial charge >= 0.3 is 0 Å². The number of hydrogen-bond acceptors (Lipinski definition) is 2. The van der Waals surface area contributed by atoms with Gasteiger partial charge < -0.3 is 10.2 Å². The summed E-state index contributed by atoms with van der Waals surface area (Å²) in [6.07, 6.45) is 0. The summed E-state index contributed by atoms with van der Waals surface area (Å²) in [4.78, 5) is 25.2. The van der Waals surface area contributed by atoms with Crippen molar-refractivity contribution in [1.29, 1.82) is 0 Å². The third-order valence-corrected chi connectivity index (χ3v) is 3.48. The number of amides is 2. The molecule has 2 rings (SSSR count). The molecule has 0 spiro atoms. The van der Waals surface area contributed by atoms with E-state index in [4.69, 9.17) is 11.6 Å². The van der Waals surface area contributed by atoms with Crippen LogP contribution in [0.2, 0.25) is 5.02 Å². The minimum absolute atomic E-state index is 0.0636. The maximum absolute atomic E-state index is 12.1. The van der Waals surface area contributed by atoms with Gasteiger partial charge in [0, 0.05) is 13.5 Å². The van der Waals surface area contributed by atoms with Gasteiger partial charge in [-0.25, -0.2) is 0 Å². The standard InChI is InChI=1S/C17H17ClN2O2/c1-13(21)20(16-10-6-5-9-15(16)18)12-17(22)19-11-14-7-3-2-4-8-14/h2-10H,11-12H2,1H3,(H,19,22). The van der Waals surface area contributed by atoms with E-state index in [9.17, 15) is 9.59 Å². The minimum atomic E-state index is -0.237. The Balaban J connectivity index is 2.01. The lowest BCUT2D eigenvalue weighted by Gasteiger charge is -2.21. The van der Waals surface area contributed by atoms with Crippen LogP contribution >= 0.6 is 11.6 Å². The van der Waals surface area contributed by atoms with Crippen molar-refractivity contribution in [2.24, 2.45) is 0 Å². The molecule has 2 aromatic carbocycles. The number of para-hydroxylation sites is 1. The Hall–Kier alpha value is -2.33. The van der Waals surface area contributed by atoms with Crippen LogP contribution in [0.1, 0.15) is 12.5 Å². The van der Waals surface area contributed by atoms with E-state index in [2.05, 4.69) is 5.32 Å². The molecule has 5 heteroatoms. The van der Waals surface area contributed by atoms with Crippen molar-refractivity contribution in [3.63, 3.8) is 0 Å². The highest BCUT2D eigenvalue weighted by Crippen LogP contribution is 2.25. The Bertz CT molecular complexity index is 659. The molecular weight excluding hydrogens is 300 g/mol. The molecule has 0 bridgehead atoms. The molecule has 2 amide bonds. The Kier molecular flexibility index (Phi) is 5.55. The maximum atomic E-state index is 12.1. The Labute approximate surface area is 134 Å². The van der Waals surface area contributed by atoms with Crippen LogP contribution in [0.4, 0.5) is 5.69 Å². The summed E-state index contributed by atoms with van der Waals surface area (Å²) in [7, 11) is 0. The number of hydrogen-bond donors (Lipinski definition) is 1. The zero-order valence-electron chi connectivity index (χ0n) is 12.3. The number of carbonyl (C=O) groups excluding carboxylic acids is 2. The molecular formula is C17H17ClN2O2. The van der Waals surface area contributed by atoms with Crippen LogP contribution in [0.3, 0.4) is 0 Å². The van der Waals surface area contributed by atoms with E-state index < -0.39 is 0 Å². The number of nitrogens with zero attached hydrogens (tertiary/aromatic N) is 1. The summed E-state index contributed by atoms with van der Waals surface area (Å²) in [5.74, 6) is -0.470. The molecule has 1 N–H and O–H groups in total. The summed E-state index contributed by atoms with van der Waals surface area (Å²) in [5, 5.41) is 3.24. The predicted molar refractivity (Wildman–Crippen MR) is 87.8 cm³/mol. The lowest BCUT2D eigenvalue weighted by molar-refractivity contribution is -0.123. The second-order valence-corrected chi connectivity index (χ2v) is 5.23. The van der Waals surface area contributed by atoms with Crippen molar-refractivity contribution in [2.75, 3.05) is 11.4 Å². The van der Waals surface area contributed by atoms with Crippen molar-refractivity contribution in [3.8, 4) is 0 Å². The monoisotopic (exact) mass is 316 g/mol. The fraction of sp³-hybridized carbons (Fsp3) is 0.176. The topological polar surface area (TPSA) is 49.4 Å². The van der Waals surface area contributed by atoms with Crippen molar-refractivity contribution in [3.05, 3.63) is 65.2 Å².